The summed E-state index contributed by atoms with van der Waals surface area (Å²) in [7, 11) is 0. The SMILES string of the molecule is CCOc1c(N)cccc1C(=O)NCCOC(C)C. The summed E-state index contributed by atoms with van der Waals surface area (Å²) in [6.45, 7) is 7.16. The highest BCUT2D eigenvalue weighted by atomic mass is 16.5. The van der Waals surface area contributed by atoms with Gasteiger partial charge >= 0.3 is 0 Å². The van der Waals surface area contributed by atoms with E-state index < -0.39 is 0 Å². The van der Waals surface area contributed by atoms with E-state index in [0.717, 1.165) is 0 Å². The van der Waals surface area contributed by atoms with E-state index in [1.807, 2.05) is 20.8 Å². The van der Waals surface area contributed by atoms with Crippen molar-refractivity contribution in [3.8, 4) is 5.75 Å². The molecule has 1 aromatic rings. The Labute approximate surface area is 114 Å². The van der Waals surface area contributed by atoms with Gasteiger partial charge in [-0.15, -0.1) is 0 Å². The highest BCUT2D eigenvalue weighted by Gasteiger charge is 2.14. The number of rotatable bonds is 7. The van der Waals surface area contributed by atoms with Crippen LogP contribution in [0.15, 0.2) is 18.2 Å². The lowest BCUT2D eigenvalue weighted by Crippen LogP contribution is -2.28. The Bertz CT molecular complexity index is 419. The van der Waals surface area contributed by atoms with Crippen LogP contribution in [0.1, 0.15) is 31.1 Å². The zero-order valence-corrected chi connectivity index (χ0v) is 11.7. The van der Waals surface area contributed by atoms with Crippen molar-refractivity contribution >= 4 is 11.6 Å². The third kappa shape index (κ3) is 4.79. The first-order chi connectivity index (χ1) is 9.06. The van der Waals surface area contributed by atoms with E-state index in [4.69, 9.17) is 15.2 Å². The van der Waals surface area contributed by atoms with Gasteiger partial charge in [-0.2, -0.15) is 0 Å². The summed E-state index contributed by atoms with van der Waals surface area (Å²) in [6.07, 6.45) is 0.156. The quantitative estimate of drug-likeness (QED) is 0.583. The lowest BCUT2D eigenvalue weighted by molar-refractivity contribution is 0.0745. The van der Waals surface area contributed by atoms with E-state index in [9.17, 15) is 4.79 Å². The zero-order chi connectivity index (χ0) is 14.3. The maximum Gasteiger partial charge on any atom is 0.255 e. The third-order valence-corrected chi connectivity index (χ3v) is 2.42. The van der Waals surface area contributed by atoms with Gasteiger partial charge < -0.3 is 20.5 Å². The average molecular weight is 266 g/mol. The maximum atomic E-state index is 12.0. The lowest BCUT2D eigenvalue weighted by Gasteiger charge is -2.13. The number of nitrogens with one attached hydrogen (secondary N) is 1. The number of carbonyl (C=O) groups is 1. The number of hydrogen-bond donors (Lipinski definition) is 2. The highest BCUT2D eigenvalue weighted by Crippen LogP contribution is 2.26. The van der Waals surface area contributed by atoms with Gasteiger partial charge in [-0.1, -0.05) is 6.07 Å². The van der Waals surface area contributed by atoms with Crippen LogP contribution in [-0.2, 0) is 4.74 Å². The normalized spacial score (nSPS) is 10.5. The van der Waals surface area contributed by atoms with E-state index in [2.05, 4.69) is 5.32 Å². The van der Waals surface area contributed by atoms with Crippen molar-refractivity contribution in [1.82, 2.24) is 5.32 Å². The summed E-state index contributed by atoms with van der Waals surface area (Å²) in [5.41, 5.74) is 6.73. The molecule has 106 valence electrons. The Morgan fingerprint density at radius 2 is 2.16 bits per heavy atom. The number of amides is 1. The fourth-order valence-corrected chi connectivity index (χ4v) is 1.59. The van der Waals surface area contributed by atoms with Gasteiger partial charge in [0.25, 0.3) is 5.91 Å². The van der Waals surface area contributed by atoms with Crippen molar-refractivity contribution in [2.75, 3.05) is 25.5 Å². The molecule has 0 saturated carbocycles. The van der Waals surface area contributed by atoms with Crippen LogP contribution >= 0.6 is 0 Å². The smallest absolute Gasteiger partial charge is 0.255 e. The molecular formula is C14H22N2O3. The Morgan fingerprint density at radius 1 is 1.42 bits per heavy atom. The first kappa shape index (κ1) is 15.3. The van der Waals surface area contributed by atoms with Gasteiger partial charge in [0, 0.05) is 6.54 Å². The van der Waals surface area contributed by atoms with E-state index in [1.54, 1.807) is 18.2 Å². The largest absolute Gasteiger partial charge is 0.491 e. The van der Waals surface area contributed by atoms with Gasteiger partial charge in [0.2, 0.25) is 0 Å². The van der Waals surface area contributed by atoms with Gasteiger partial charge in [0.1, 0.15) is 0 Å². The van der Waals surface area contributed by atoms with Crippen LogP contribution in [0.25, 0.3) is 0 Å². The Morgan fingerprint density at radius 3 is 2.79 bits per heavy atom. The van der Waals surface area contributed by atoms with Crippen LogP contribution in [0, 0.1) is 0 Å². The summed E-state index contributed by atoms with van der Waals surface area (Å²) in [4.78, 5) is 12.0. The fraction of sp³-hybridized carbons (Fsp3) is 0.500. The fourth-order valence-electron chi connectivity index (χ4n) is 1.59. The molecule has 1 rings (SSSR count). The van der Waals surface area contributed by atoms with Crippen LogP contribution in [0.3, 0.4) is 0 Å². The minimum absolute atomic E-state index is 0.156. The summed E-state index contributed by atoms with van der Waals surface area (Å²) < 4.78 is 10.8. The molecule has 0 radical (unpaired) electrons. The predicted octanol–water partition coefficient (Wildman–Crippen LogP) is 1.82. The van der Waals surface area contributed by atoms with E-state index in [-0.39, 0.29) is 12.0 Å². The average Bonchev–Trinajstić information content (AvgIpc) is 2.36. The Balaban J connectivity index is 2.63. The van der Waals surface area contributed by atoms with Crippen LogP contribution in [-0.4, -0.2) is 31.8 Å². The Kier molecular flexibility index (Phi) is 6.15. The molecule has 0 bridgehead atoms. The second-order valence-corrected chi connectivity index (χ2v) is 4.33. The molecule has 0 aliphatic rings. The number of carbonyl (C=O) groups excluding carboxylic acids is 1. The molecule has 0 atom stereocenters. The lowest BCUT2D eigenvalue weighted by atomic mass is 10.1. The first-order valence-corrected chi connectivity index (χ1v) is 6.47. The van der Waals surface area contributed by atoms with Crippen molar-refractivity contribution in [1.29, 1.82) is 0 Å². The number of hydrogen-bond acceptors (Lipinski definition) is 4. The van der Waals surface area contributed by atoms with Crippen molar-refractivity contribution in [2.24, 2.45) is 0 Å². The molecule has 0 aliphatic heterocycles. The topological polar surface area (TPSA) is 73.6 Å². The molecule has 19 heavy (non-hydrogen) atoms. The van der Waals surface area contributed by atoms with E-state index in [0.29, 0.717) is 36.8 Å². The van der Waals surface area contributed by atoms with Crippen molar-refractivity contribution in [2.45, 2.75) is 26.9 Å². The number of nitrogen functional groups attached to an aromatic ring is 1. The summed E-state index contributed by atoms with van der Waals surface area (Å²) in [6, 6.07) is 5.14. The third-order valence-electron chi connectivity index (χ3n) is 2.42. The predicted molar refractivity (Wildman–Crippen MR) is 75.4 cm³/mol. The molecule has 0 aliphatic carbocycles. The summed E-state index contributed by atoms with van der Waals surface area (Å²) in [5, 5.41) is 2.78. The van der Waals surface area contributed by atoms with Crippen molar-refractivity contribution in [3.63, 3.8) is 0 Å². The van der Waals surface area contributed by atoms with Gasteiger partial charge in [0.15, 0.2) is 5.75 Å². The first-order valence-electron chi connectivity index (χ1n) is 6.47. The van der Waals surface area contributed by atoms with Crippen LogP contribution in [0.4, 0.5) is 5.69 Å². The molecule has 1 amide bonds. The van der Waals surface area contributed by atoms with Crippen molar-refractivity contribution < 1.29 is 14.3 Å². The molecular weight excluding hydrogens is 244 g/mol. The summed E-state index contributed by atoms with van der Waals surface area (Å²) >= 11 is 0. The second kappa shape index (κ2) is 7.63. The number of nitrogens with two attached hydrogens (primary N) is 1. The second-order valence-electron chi connectivity index (χ2n) is 4.33. The van der Waals surface area contributed by atoms with Crippen LogP contribution < -0.4 is 15.8 Å². The molecule has 0 heterocycles. The molecule has 3 N–H and O–H groups in total. The Hall–Kier alpha value is -1.75. The molecule has 5 heteroatoms. The van der Waals surface area contributed by atoms with Crippen LogP contribution in [0.5, 0.6) is 5.75 Å². The molecule has 0 fully saturated rings. The van der Waals surface area contributed by atoms with E-state index >= 15 is 0 Å². The van der Waals surface area contributed by atoms with Gasteiger partial charge in [-0.3, -0.25) is 4.79 Å². The van der Waals surface area contributed by atoms with Crippen LogP contribution in [0.2, 0.25) is 0 Å². The van der Waals surface area contributed by atoms with Gasteiger partial charge in [-0.25, -0.2) is 0 Å². The van der Waals surface area contributed by atoms with E-state index in [1.165, 1.54) is 0 Å². The standard InChI is InChI=1S/C14H22N2O3/c1-4-18-13-11(6-5-7-12(13)15)14(17)16-8-9-19-10(2)3/h5-7,10H,4,8-9,15H2,1-3H3,(H,16,17). The summed E-state index contributed by atoms with van der Waals surface area (Å²) in [5.74, 6) is 0.232. The zero-order valence-electron chi connectivity index (χ0n) is 11.7. The minimum Gasteiger partial charge on any atom is -0.491 e. The molecule has 0 saturated heterocycles. The van der Waals surface area contributed by atoms with Gasteiger partial charge in [0.05, 0.1) is 30.6 Å². The molecule has 0 unspecified atom stereocenters. The highest BCUT2D eigenvalue weighted by molar-refractivity contribution is 5.98. The number of anilines is 1. The number of para-hydroxylation sites is 1. The molecule has 0 spiro atoms. The monoisotopic (exact) mass is 266 g/mol. The molecule has 0 aromatic heterocycles. The minimum atomic E-state index is -0.205. The number of ether oxygens (including phenoxy) is 2. The molecule has 5 nitrogen and oxygen atoms in total. The maximum absolute atomic E-state index is 12.0. The van der Waals surface area contributed by atoms with Gasteiger partial charge in [-0.05, 0) is 32.9 Å². The molecule has 1 aromatic carbocycles. The van der Waals surface area contributed by atoms with Crippen molar-refractivity contribution in [3.05, 3.63) is 23.8 Å². The number of benzene rings is 1.